The van der Waals surface area contributed by atoms with Crippen LogP contribution in [0.2, 0.25) is 0 Å². The minimum absolute atomic E-state index is 0.0556. The molecule has 0 saturated heterocycles. The maximum absolute atomic E-state index is 11.2. The number of rotatable bonds is 0. The SMILES string of the molecule is [O]C(=C1C=C(Cl)C=N1)C(Cl)(Cl)Cl. The van der Waals surface area contributed by atoms with Gasteiger partial charge in [0.2, 0.25) is 5.76 Å². The minimum Gasteiger partial charge on any atom is -0.288 e. The van der Waals surface area contributed by atoms with E-state index in [4.69, 9.17) is 46.4 Å². The Balaban J connectivity index is 3.03. The van der Waals surface area contributed by atoms with Gasteiger partial charge in [0, 0.05) is 6.21 Å². The lowest BCUT2D eigenvalue weighted by molar-refractivity contribution is 0.286. The van der Waals surface area contributed by atoms with Crippen molar-refractivity contribution in [3.63, 3.8) is 0 Å². The Hall–Kier alpha value is 0.110. The monoisotopic (exact) mass is 244 g/mol. The third-order valence-corrected chi connectivity index (χ3v) is 1.81. The van der Waals surface area contributed by atoms with E-state index in [0.717, 1.165) is 0 Å². The molecule has 0 bridgehead atoms. The summed E-state index contributed by atoms with van der Waals surface area (Å²) in [4.78, 5) is 3.65. The molecule has 0 aromatic heterocycles. The van der Waals surface area contributed by atoms with Crippen LogP contribution in [0.3, 0.4) is 0 Å². The van der Waals surface area contributed by atoms with Gasteiger partial charge in [-0.3, -0.25) is 10.1 Å². The molecule has 0 unspecified atom stereocenters. The summed E-state index contributed by atoms with van der Waals surface area (Å²) in [5, 5.41) is 11.5. The second-order valence-corrected chi connectivity index (χ2v) is 4.72. The topological polar surface area (TPSA) is 32.3 Å². The van der Waals surface area contributed by atoms with Crippen molar-refractivity contribution in [3.8, 4) is 0 Å². The predicted octanol–water partition coefficient (Wildman–Crippen LogP) is 3.21. The van der Waals surface area contributed by atoms with E-state index in [-0.39, 0.29) is 5.70 Å². The summed E-state index contributed by atoms with van der Waals surface area (Å²) in [6, 6.07) is 0. The second-order valence-electron chi connectivity index (χ2n) is 2.00. The number of hydrogen-bond acceptors (Lipinski definition) is 1. The van der Waals surface area contributed by atoms with Crippen LogP contribution in [0.15, 0.2) is 27.6 Å². The highest BCUT2D eigenvalue weighted by Crippen LogP contribution is 2.36. The molecule has 1 radical (unpaired) electrons. The highest BCUT2D eigenvalue weighted by Gasteiger charge is 2.31. The van der Waals surface area contributed by atoms with Gasteiger partial charge in [-0.25, -0.2) is 0 Å². The van der Waals surface area contributed by atoms with E-state index in [0.29, 0.717) is 5.03 Å². The van der Waals surface area contributed by atoms with Crippen LogP contribution in [-0.4, -0.2) is 10.0 Å². The molecule has 1 aliphatic rings. The molecule has 0 aromatic rings. The van der Waals surface area contributed by atoms with E-state index in [1.54, 1.807) is 0 Å². The molecule has 1 aliphatic heterocycles. The Morgan fingerprint density at radius 1 is 1.42 bits per heavy atom. The van der Waals surface area contributed by atoms with Gasteiger partial charge in [0.25, 0.3) is 3.79 Å². The van der Waals surface area contributed by atoms with Gasteiger partial charge in [0.15, 0.2) is 0 Å². The lowest BCUT2D eigenvalue weighted by Gasteiger charge is -2.06. The highest BCUT2D eigenvalue weighted by atomic mass is 35.6. The summed E-state index contributed by atoms with van der Waals surface area (Å²) >= 11 is 21.5. The molecule has 0 aromatic carbocycles. The van der Waals surface area contributed by atoms with Gasteiger partial charge in [-0.2, -0.15) is 0 Å². The van der Waals surface area contributed by atoms with Crippen LogP contribution in [0.25, 0.3) is 0 Å². The van der Waals surface area contributed by atoms with E-state index in [9.17, 15) is 5.11 Å². The Morgan fingerprint density at radius 2 is 2.00 bits per heavy atom. The molecule has 6 heteroatoms. The molecule has 1 heterocycles. The molecule has 0 aliphatic carbocycles. The molecule has 0 amide bonds. The summed E-state index contributed by atoms with van der Waals surface area (Å²) in [7, 11) is 0. The smallest absolute Gasteiger partial charge is 0.255 e. The molecule has 0 fully saturated rings. The first-order valence-corrected chi connectivity index (χ1v) is 4.32. The normalized spacial score (nSPS) is 21.2. The largest absolute Gasteiger partial charge is 0.288 e. The minimum atomic E-state index is -1.97. The van der Waals surface area contributed by atoms with Crippen molar-refractivity contribution < 1.29 is 5.11 Å². The van der Waals surface area contributed by atoms with E-state index in [1.165, 1.54) is 12.3 Å². The molecule has 0 atom stereocenters. The number of hydrogen-bond donors (Lipinski definition) is 0. The maximum atomic E-state index is 11.2. The van der Waals surface area contributed by atoms with Crippen LogP contribution < -0.4 is 0 Å². The zero-order valence-corrected chi connectivity index (χ0v) is 8.55. The number of allylic oxidation sites excluding steroid dienone is 3. The molecule has 12 heavy (non-hydrogen) atoms. The van der Waals surface area contributed by atoms with E-state index < -0.39 is 9.55 Å². The molecule has 0 saturated carbocycles. The Morgan fingerprint density at radius 3 is 2.33 bits per heavy atom. The summed E-state index contributed by atoms with van der Waals surface area (Å²) in [6.07, 6.45) is 2.65. The molecule has 1 rings (SSSR count). The number of aliphatic imine (C=N–C) groups is 1. The zero-order valence-electron chi connectivity index (χ0n) is 5.52. The third kappa shape index (κ3) is 2.30. The van der Waals surface area contributed by atoms with Crippen molar-refractivity contribution in [3.05, 3.63) is 22.6 Å². The van der Waals surface area contributed by atoms with Gasteiger partial charge in [0.05, 0.1) is 5.03 Å². The van der Waals surface area contributed by atoms with Crippen molar-refractivity contribution >= 4 is 52.6 Å². The number of alkyl halides is 3. The van der Waals surface area contributed by atoms with Crippen LogP contribution >= 0.6 is 46.4 Å². The van der Waals surface area contributed by atoms with E-state index in [2.05, 4.69) is 4.99 Å². The Bertz CT molecular complexity index is 286. The summed E-state index contributed by atoms with van der Waals surface area (Å²) in [5.74, 6) is -0.681. The molecule has 0 N–H and O–H groups in total. The predicted molar refractivity (Wildman–Crippen MR) is 50.4 cm³/mol. The zero-order chi connectivity index (χ0) is 9.35. The molecule has 2 nitrogen and oxygen atoms in total. The lowest BCUT2D eigenvalue weighted by atomic mass is 10.4. The van der Waals surface area contributed by atoms with Gasteiger partial charge in [-0.15, -0.1) is 0 Å². The first-order chi connectivity index (χ1) is 5.41. The number of nitrogens with zero attached hydrogens (tertiary/aromatic N) is 1. The molecular formula is C6H2Cl4NO. The van der Waals surface area contributed by atoms with E-state index >= 15 is 0 Å². The van der Waals surface area contributed by atoms with Crippen molar-refractivity contribution in [1.29, 1.82) is 0 Å². The van der Waals surface area contributed by atoms with Crippen molar-refractivity contribution in [2.24, 2.45) is 4.99 Å². The summed E-state index contributed by atoms with van der Waals surface area (Å²) < 4.78 is -1.97. The first-order valence-electron chi connectivity index (χ1n) is 2.81. The number of halogens is 4. The maximum Gasteiger partial charge on any atom is 0.255 e. The fourth-order valence-electron chi connectivity index (χ4n) is 0.606. The fraction of sp³-hybridized carbons (Fsp3) is 0.167. The summed E-state index contributed by atoms with van der Waals surface area (Å²) in [5.41, 5.74) is 0.0556. The molecule has 0 spiro atoms. The molecule has 65 valence electrons. The van der Waals surface area contributed by atoms with Crippen LogP contribution in [0.1, 0.15) is 0 Å². The van der Waals surface area contributed by atoms with E-state index in [1.807, 2.05) is 0 Å². The van der Waals surface area contributed by atoms with Crippen molar-refractivity contribution in [2.45, 2.75) is 3.79 Å². The Labute approximate surface area is 89.1 Å². The third-order valence-electron chi connectivity index (χ3n) is 1.09. The van der Waals surface area contributed by atoms with Gasteiger partial charge in [-0.1, -0.05) is 46.4 Å². The lowest BCUT2D eigenvalue weighted by Crippen LogP contribution is -2.06. The van der Waals surface area contributed by atoms with Crippen LogP contribution in [-0.2, 0) is 5.11 Å². The average Bonchev–Trinajstić information content (AvgIpc) is 2.32. The van der Waals surface area contributed by atoms with Crippen LogP contribution in [0.5, 0.6) is 0 Å². The Kier molecular flexibility index (Phi) is 2.94. The second kappa shape index (κ2) is 3.46. The average molecular weight is 246 g/mol. The quantitative estimate of drug-likeness (QED) is 0.464. The van der Waals surface area contributed by atoms with Crippen molar-refractivity contribution in [2.75, 3.05) is 0 Å². The van der Waals surface area contributed by atoms with Gasteiger partial charge >= 0.3 is 0 Å². The highest BCUT2D eigenvalue weighted by molar-refractivity contribution is 6.69. The summed E-state index contributed by atoms with van der Waals surface area (Å²) in [6.45, 7) is 0. The van der Waals surface area contributed by atoms with Gasteiger partial charge in [0.1, 0.15) is 5.70 Å². The first kappa shape index (κ1) is 10.2. The standard InChI is InChI=1S/C6H2Cl4NO/c7-3-1-4(11-2-3)5(12)6(8,9)10/h1-2H. The van der Waals surface area contributed by atoms with Gasteiger partial charge in [-0.05, 0) is 6.08 Å². The van der Waals surface area contributed by atoms with Crippen molar-refractivity contribution in [1.82, 2.24) is 0 Å². The van der Waals surface area contributed by atoms with Gasteiger partial charge < -0.3 is 0 Å². The molecular weight excluding hydrogens is 244 g/mol. The van der Waals surface area contributed by atoms with Crippen LogP contribution in [0, 0.1) is 0 Å². The fourth-order valence-corrected chi connectivity index (χ4v) is 1.05. The van der Waals surface area contributed by atoms with Crippen LogP contribution in [0.4, 0.5) is 0 Å².